The number of amides is 1. The number of thiocarbonyl (C=S) groups is 1. The summed E-state index contributed by atoms with van der Waals surface area (Å²) in [6.07, 6.45) is 0. The van der Waals surface area contributed by atoms with Crippen LogP contribution in [0.2, 0.25) is 0 Å². The van der Waals surface area contributed by atoms with Gasteiger partial charge in [-0.25, -0.2) is 4.39 Å². The number of ether oxygens (including phenoxy) is 3. The minimum Gasteiger partial charge on any atom is -0.497 e. The molecule has 2 heterocycles. The Morgan fingerprint density at radius 1 is 1.06 bits per heavy atom. The van der Waals surface area contributed by atoms with Crippen molar-refractivity contribution in [2.75, 3.05) is 24.4 Å². The molecule has 9 heteroatoms. The van der Waals surface area contributed by atoms with Crippen molar-refractivity contribution in [2.24, 2.45) is 5.92 Å². The average molecular weight is 494 g/mol. The molecule has 0 spiro atoms. The standard InChI is InChI=1S/C26H24FN3O4S/c1-26-22(24(31)28-16-6-10-18(32-2)11-7-16)23(20-14-19(33-3)12-13-21(20)34-26)29-25(35)30(26)17-8-4-15(27)5-9-17/h4-14,22-23H,1-3H3,(H,28,31)(H,29,35). The highest BCUT2D eigenvalue weighted by Gasteiger charge is 2.59. The topological polar surface area (TPSA) is 72.1 Å². The first kappa shape index (κ1) is 22.9. The maximum Gasteiger partial charge on any atom is 0.236 e. The Bertz CT molecular complexity index is 1280. The van der Waals surface area contributed by atoms with Crippen LogP contribution in [-0.2, 0) is 4.79 Å². The van der Waals surface area contributed by atoms with Gasteiger partial charge < -0.3 is 24.8 Å². The summed E-state index contributed by atoms with van der Waals surface area (Å²) in [5, 5.41) is 6.69. The van der Waals surface area contributed by atoms with E-state index < -0.39 is 17.7 Å². The van der Waals surface area contributed by atoms with Gasteiger partial charge in [-0.05, 0) is 85.9 Å². The fourth-order valence-electron chi connectivity index (χ4n) is 4.76. The Balaban J connectivity index is 1.60. The molecule has 3 aromatic rings. The first-order valence-electron chi connectivity index (χ1n) is 11.0. The summed E-state index contributed by atoms with van der Waals surface area (Å²) in [5.41, 5.74) is 0.773. The Kier molecular flexibility index (Phi) is 5.72. The molecule has 35 heavy (non-hydrogen) atoms. The monoisotopic (exact) mass is 493 g/mol. The van der Waals surface area contributed by atoms with E-state index in [0.29, 0.717) is 33.7 Å². The second kappa shape index (κ2) is 8.74. The summed E-state index contributed by atoms with van der Waals surface area (Å²) < 4.78 is 30.8. The predicted molar refractivity (Wildman–Crippen MR) is 134 cm³/mol. The average Bonchev–Trinajstić information content (AvgIpc) is 2.85. The predicted octanol–water partition coefficient (Wildman–Crippen LogP) is 4.64. The molecule has 0 radical (unpaired) electrons. The zero-order chi connectivity index (χ0) is 24.7. The van der Waals surface area contributed by atoms with Gasteiger partial charge in [0, 0.05) is 16.9 Å². The fourth-order valence-corrected chi connectivity index (χ4v) is 5.18. The van der Waals surface area contributed by atoms with E-state index in [4.69, 9.17) is 26.4 Å². The van der Waals surface area contributed by atoms with Crippen molar-refractivity contribution in [3.8, 4) is 17.2 Å². The minimum absolute atomic E-state index is 0.266. The van der Waals surface area contributed by atoms with Gasteiger partial charge in [-0.1, -0.05) is 0 Å². The molecule has 0 aliphatic carbocycles. The molecule has 3 atom stereocenters. The second-order valence-electron chi connectivity index (χ2n) is 8.49. The zero-order valence-electron chi connectivity index (χ0n) is 19.4. The third-order valence-electron chi connectivity index (χ3n) is 6.43. The molecule has 1 fully saturated rings. The zero-order valence-corrected chi connectivity index (χ0v) is 20.2. The maximum absolute atomic E-state index is 13.8. The first-order chi connectivity index (χ1) is 16.8. The summed E-state index contributed by atoms with van der Waals surface area (Å²) >= 11 is 5.72. The number of fused-ring (bicyclic) bond motifs is 4. The molecule has 2 aliphatic rings. The number of rotatable bonds is 5. The van der Waals surface area contributed by atoms with Gasteiger partial charge in [-0.15, -0.1) is 0 Å². The second-order valence-corrected chi connectivity index (χ2v) is 8.88. The van der Waals surface area contributed by atoms with E-state index >= 15 is 0 Å². The molecule has 1 amide bonds. The number of nitrogens with zero attached hydrogens (tertiary/aromatic N) is 1. The highest BCUT2D eigenvalue weighted by molar-refractivity contribution is 7.80. The number of nitrogens with one attached hydrogen (secondary N) is 2. The van der Waals surface area contributed by atoms with E-state index in [0.717, 1.165) is 5.56 Å². The van der Waals surface area contributed by atoms with Gasteiger partial charge in [-0.2, -0.15) is 0 Å². The number of anilines is 2. The molecule has 5 rings (SSSR count). The van der Waals surface area contributed by atoms with Gasteiger partial charge >= 0.3 is 0 Å². The number of hydrogen-bond donors (Lipinski definition) is 2. The van der Waals surface area contributed by atoms with E-state index in [1.807, 2.05) is 19.1 Å². The van der Waals surface area contributed by atoms with Crippen LogP contribution in [0.1, 0.15) is 18.5 Å². The third-order valence-corrected chi connectivity index (χ3v) is 6.73. The number of carbonyl (C=O) groups is 1. The highest BCUT2D eigenvalue weighted by atomic mass is 32.1. The molecule has 3 unspecified atom stereocenters. The fraction of sp³-hybridized carbons (Fsp3) is 0.231. The van der Waals surface area contributed by atoms with Crippen LogP contribution in [-0.4, -0.2) is 31.0 Å². The summed E-state index contributed by atoms with van der Waals surface area (Å²) in [4.78, 5) is 15.5. The molecule has 0 saturated carbocycles. The van der Waals surface area contributed by atoms with Crippen LogP contribution < -0.4 is 29.7 Å². The van der Waals surface area contributed by atoms with Crippen molar-refractivity contribution in [1.82, 2.24) is 5.32 Å². The number of hydrogen-bond acceptors (Lipinski definition) is 5. The van der Waals surface area contributed by atoms with E-state index in [-0.39, 0.29) is 11.7 Å². The normalized spacial score (nSPS) is 22.4. The third kappa shape index (κ3) is 3.91. The van der Waals surface area contributed by atoms with Crippen molar-refractivity contribution < 1.29 is 23.4 Å². The van der Waals surface area contributed by atoms with Crippen molar-refractivity contribution in [3.63, 3.8) is 0 Å². The molecule has 7 nitrogen and oxygen atoms in total. The van der Waals surface area contributed by atoms with Gasteiger partial charge in [0.05, 0.1) is 20.3 Å². The number of methoxy groups -OCH3 is 2. The maximum atomic E-state index is 13.8. The van der Waals surface area contributed by atoms with Crippen LogP contribution in [0.15, 0.2) is 66.7 Å². The summed E-state index contributed by atoms with van der Waals surface area (Å²) in [6, 6.07) is 18.0. The molecule has 180 valence electrons. The highest BCUT2D eigenvalue weighted by Crippen LogP contribution is 2.50. The Hall–Kier alpha value is -3.85. The Labute approximate surface area is 207 Å². The lowest BCUT2D eigenvalue weighted by atomic mass is 9.78. The lowest BCUT2D eigenvalue weighted by molar-refractivity contribution is -0.130. The lowest BCUT2D eigenvalue weighted by Gasteiger charge is -2.56. The molecule has 3 aromatic carbocycles. The number of benzene rings is 3. The molecular formula is C26H24FN3O4S. The summed E-state index contributed by atoms with van der Waals surface area (Å²) in [5.74, 6) is 0.555. The van der Waals surface area contributed by atoms with Crippen LogP contribution in [0.4, 0.5) is 15.8 Å². The quantitative estimate of drug-likeness (QED) is 0.502. The first-order valence-corrected chi connectivity index (χ1v) is 11.4. The molecule has 0 aromatic heterocycles. The molecule has 1 saturated heterocycles. The van der Waals surface area contributed by atoms with E-state index in [2.05, 4.69) is 10.6 Å². The van der Waals surface area contributed by atoms with Gasteiger partial charge in [-0.3, -0.25) is 9.69 Å². The van der Waals surface area contributed by atoms with E-state index in [1.165, 1.54) is 12.1 Å². The van der Waals surface area contributed by atoms with Crippen molar-refractivity contribution >= 4 is 34.6 Å². The van der Waals surface area contributed by atoms with Crippen LogP contribution in [0, 0.1) is 11.7 Å². The molecule has 2 bridgehead atoms. The van der Waals surface area contributed by atoms with Crippen molar-refractivity contribution in [2.45, 2.75) is 18.7 Å². The van der Waals surface area contributed by atoms with Crippen molar-refractivity contribution in [3.05, 3.63) is 78.1 Å². The van der Waals surface area contributed by atoms with Crippen LogP contribution in [0.5, 0.6) is 17.2 Å². The number of halogens is 1. The smallest absolute Gasteiger partial charge is 0.236 e. The van der Waals surface area contributed by atoms with Crippen LogP contribution >= 0.6 is 12.2 Å². The number of carbonyl (C=O) groups excluding carboxylic acids is 1. The van der Waals surface area contributed by atoms with Gasteiger partial charge in [0.15, 0.2) is 10.8 Å². The van der Waals surface area contributed by atoms with Crippen molar-refractivity contribution in [1.29, 1.82) is 0 Å². The molecule has 2 aliphatic heterocycles. The minimum atomic E-state index is -1.21. The van der Waals surface area contributed by atoms with Crippen LogP contribution in [0.3, 0.4) is 0 Å². The lowest BCUT2D eigenvalue weighted by Crippen LogP contribution is -2.72. The van der Waals surface area contributed by atoms with E-state index in [9.17, 15) is 9.18 Å². The Morgan fingerprint density at radius 3 is 2.37 bits per heavy atom. The SMILES string of the molecule is COc1ccc(NC(=O)C2C3NC(=S)N(c4ccc(F)cc4)C2(C)Oc2ccc(OC)cc23)cc1. The van der Waals surface area contributed by atoms with Gasteiger partial charge in [0.2, 0.25) is 5.91 Å². The summed E-state index contributed by atoms with van der Waals surface area (Å²) in [7, 11) is 3.16. The molecular weight excluding hydrogens is 469 g/mol. The Morgan fingerprint density at radius 2 is 1.71 bits per heavy atom. The van der Waals surface area contributed by atoms with Gasteiger partial charge in [0.25, 0.3) is 0 Å². The van der Waals surface area contributed by atoms with Crippen LogP contribution in [0.25, 0.3) is 0 Å². The molecule has 2 N–H and O–H groups in total. The van der Waals surface area contributed by atoms with E-state index in [1.54, 1.807) is 61.6 Å². The summed E-state index contributed by atoms with van der Waals surface area (Å²) in [6.45, 7) is 1.82. The largest absolute Gasteiger partial charge is 0.497 e. The van der Waals surface area contributed by atoms with Gasteiger partial charge in [0.1, 0.15) is 29.0 Å².